The largest absolute Gasteiger partial charge is 0.507 e. The Labute approximate surface area is 212 Å². The van der Waals surface area contributed by atoms with Crippen molar-refractivity contribution >= 4 is 35.5 Å². The molecule has 2 aromatic rings. The third-order valence-corrected chi connectivity index (χ3v) is 5.89. The molecule has 0 spiro atoms. The third kappa shape index (κ3) is 6.13. The van der Waals surface area contributed by atoms with Gasteiger partial charge in [0.05, 0.1) is 12.1 Å². The Morgan fingerprint density at radius 2 is 1.97 bits per heavy atom. The van der Waals surface area contributed by atoms with Gasteiger partial charge in [-0.25, -0.2) is 4.79 Å². The summed E-state index contributed by atoms with van der Waals surface area (Å²) < 4.78 is 14.6. The molecule has 1 aliphatic carbocycles. The van der Waals surface area contributed by atoms with Crippen LogP contribution in [-0.4, -0.2) is 59.5 Å². The molecule has 184 valence electrons. The summed E-state index contributed by atoms with van der Waals surface area (Å²) >= 11 is 1.30. The number of aromatic hydroxyl groups is 1. The number of carbonyl (C=O) groups excluding carboxylic acids is 3. The topological polar surface area (TPSA) is 106 Å². The Kier molecular flexibility index (Phi) is 8.05. The van der Waals surface area contributed by atoms with E-state index in [0.717, 1.165) is 16.7 Å². The van der Waals surface area contributed by atoms with E-state index in [0.29, 0.717) is 18.5 Å². The molecule has 0 saturated heterocycles. The first-order chi connectivity index (χ1) is 17.4. The number of ether oxygens (including phenoxy) is 2. The van der Waals surface area contributed by atoms with Crippen LogP contribution in [0.2, 0.25) is 0 Å². The van der Waals surface area contributed by atoms with Gasteiger partial charge in [0, 0.05) is 36.4 Å². The first kappa shape index (κ1) is 25.0. The maximum atomic E-state index is 12.8. The van der Waals surface area contributed by atoms with Crippen LogP contribution >= 0.6 is 11.9 Å². The second-order valence-electron chi connectivity index (χ2n) is 8.14. The molecule has 0 unspecified atom stereocenters. The van der Waals surface area contributed by atoms with Gasteiger partial charge in [-0.05, 0) is 53.2 Å². The van der Waals surface area contributed by atoms with E-state index in [1.807, 2.05) is 42.7 Å². The lowest BCUT2D eigenvalue weighted by atomic mass is 9.97. The zero-order chi connectivity index (χ0) is 25.5. The van der Waals surface area contributed by atoms with Crippen molar-refractivity contribution in [1.82, 2.24) is 4.90 Å². The van der Waals surface area contributed by atoms with E-state index >= 15 is 0 Å². The zero-order valence-corrected chi connectivity index (χ0v) is 20.4. The molecule has 8 nitrogen and oxygen atoms in total. The average molecular weight is 505 g/mol. The van der Waals surface area contributed by atoms with E-state index in [4.69, 9.17) is 9.47 Å². The quantitative estimate of drug-likeness (QED) is 0.240. The molecule has 0 fully saturated rings. The lowest BCUT2D eigenvalue weighted by molar-refractivity contribution is -0.147. The van der Waals surface area contributed by atoms with E-state index in [9.17, 15) is 19.5 Å². The predicted octanol–water partition coefficient (Wildman–Crippen LogP) is 3.67. The fourth-order valence-electron chi connectivity index (χ4n) is 3.85. The van der Waals surface area contributed by atoms with Crippen LogP contribution in [0.4, 0.5) is 0 Å². The molecule has 2 aliphatic rings. The number of esters is 1. The van der Waals surface area contributed by atoms with E-state index in [-0.39, 0.29) is 42.7 Å². The summed E-state index contributed by atoms with van der Waals surface area (Å²) in [7, 11) is 0. The Hall–Kier alpha value is -4.07. The van der Waals surface area contributed by atoms with Crippen molar-refractivity contribution in [1.29, 1.82) is 0 Å². The molecule has 1 heterocycles. The van der Waals surface area contributed by atoms with Crippen LogP contribution in [0, 0.1) is 0 Å². The first-order valence-electron chi connectivity index (χ1n) is 11.2. The molecule has 0 aromatic heterocycles. The highest BCUT2D eigenvalue weighted by molar-refractivity contribution is 7.97. The van der Waals surface area contributed by atoms with Crippen molar-refractivity contribution in [3.05, 3.63) is 88.5 Å². The number of Topliss-reactive ketones (excluding diaryl/α,β-unsaturated/α-hetero) is 1. The van der Waals surface area contributed by atoms with Gasteiger partial charge in [0.15, 0.2) is 12.4 Å². The summed E-state index contributed by atoms with van der Waals surface area (Å²) in [6, 6.07) is 13.4. The second kappa shape index (κ2) is 11.6. The van der Waals surface area contributed by atoms with Crippen LogP contribution in [0.5, 0.6) is 11.5 Å². The molecule has 1 aliphatic heterocycles. The average Bonchev–Trinajstić information content (AvgIpc) is 3.19. The van der Waals surface area contributed by atoms with Crippen molar-refractivity contribution < 1.29 is 29.0 Å². The van der Waals surface area contributed by atoms with Crippen LogP contribution in [0.3, 0.4) is 0 Å². The Bertz CT molecular complexity index is 1310. The standard InChI is InChI=1S/C27H24N2O6S/c1-36-28-13-19-7-9-22-20(11-19)14-29(27(22)33)15-25(31)23-10-8-21(12-24(23)30)34-17-26(32)35-16-18-5-3-2-4-6-18/h2-10,12,30H,11,14-17H2,1H3. The van der Waals surface area contributed by atoms with E-state index < -0.39 is 11.8 Å². The van der Waals surface area contributed by atoms with Gasteiger partial charge in [-0.3, -0.25) is 9.59 Å². The van der Waals surface area contributed by atoms with Gasteiger partial charge in [0.2, 0.25) is 0 Å². The Balaban J connectivity index is 1.30. The molecule has 36 heavy (non-hydrogen) atoms. The number of benzene rings is 2. The first-order valence-corrected chi connectivity index (χ1v) is 12.4. The van der Waals surface area contributed by atoms with Crippen LogP contribution in [0.15, 0.2) is 81.8 Å². The predicted molar refractivity (Wildman–Crippen MR) is 136 cm³/mol. The maximum Gasteiger partial charge on any atom is 0.344 e. The number of carbonyl (C=O) groups is 3. The zero-order valence-electron chi connectivity index (χ0n) is 19.6. The monoisotopic (exact) mass is 504 g/mol. The molecule has 0 bridgehead atoms. The van der Waals surface area contributed by atoms with Crippen molar-refractivity contribution in [2.45, 2.75) is 13.0 Å². The van der Waals surface area contributed by atoms with Crippen LogP contribution in [0.25, 0.3) is 0 Å². The molecule has 0 saturated carbocycles. The van der Waals surface area contributed by atoms with Crippen LogP contribution < -0.4 is 4.74 Å². The highest BCUT2D eigenvalue weighted by Gasteiger charge is 2.32. The summed E-state index contributed by atoms with van der Waals surface area (Å²) in [4.78, 5) is 39.0. The minimum Gasteiger partial charge on any atom is -0.507 e. The van der Waals surface area contributed by atoms with Gasteiger partial charge in [-0.1, -0.05) is 30.3 Å². The number of allylic oxidation sites excluding steroid dienone is 2. The summed E-state index contributed by atoms with van der Waals surface area (Å²) in [6.45, 7) is -0.0440. The van der Waals surface area contributed by atoms with Crippen molar-refractivity contribution in [2.75, 3.05) is 26.0 Å². The molecule has 1 amide bonds. The van der Waals surface area contributed by atoms with Gasteiger partial charge in [-0.2, -0.15) is 4.40 Å². The molecule has 0 atom stereocenters. The van der Waals surface area contributed by atoms with E-state index in [1.54, 1.807) is 6.08 Å². The van der Waals surface area contributed by atoms with Crippen LogP contribution in [-0.2, 0) is 20.9 Å². The summed E-state index contributed by atoms with van der Waals surface area (Å²) in [5.41, 5.74) is 3.30. The number of rotatable bonds is 9. The van der Waals surface area contributed by atoms with E-state index in [1.165, 1.54) is 35.0 Å². The van der Waals surface area contributed by atoms with Crippen LogP contribution in [0.1, 0.15) is 22.3 Å². The lowest BCUT2D eigenvalue weighted by Gasteiger charge is -2.16. The lowest BCUT2D eigenvalue weighted by Crippen LogP contribution is -2.32. The molecule has 1 N–H and O–H groups in total. The number of phenolic OH excluding ortho intramolecular Hbond substituents is 1. The Morgan fingerprint density at radius 3 is 2.72 bits per heavy atom. The van der Waals surface area contributed by atoms with Crippen molar-refractivity contribution in [3.8, 4) is 11.5 Å². The normalized spacial score (nSPS) is 14.4. The summed E-state index contributed by atoms with van der Waals surface area (Å²) in [5.74, 6) is 1.67. The second-order valence-corrected chi connectivity index (χ2v) is 8.68. The van der Waals surface area contributed by atoms with Crippen molar-refractivity contribution in [3.63, 3.8) is 0 Å². The summed E-state index contributed by atoms with van der Waals surface area (Å²) in [5, 5.41) is 10.4. The third-order valence-electron chi connectivity index (χ3n) is 5.62. The summed E-state index contributed by atoms with van der Waals surface area (Å²) in [6.07, 6.45) is 5.94. The smallest absolute Gasteiger partial charge is 0.344 e. The molecule has 0 radical (unpaired) electrons. The molecule has 9 heteroatoms. The molecular formula is C27H24N2O6S. The molecule has 2 aromatic carbocycles. The fourth-order valence-corrected chi connectivity index (χ4v) is 4.06. The number of hydrogen-bond acceptors (Lipinski definition) is 8. The SMILES string of the molecule is CSN=C=C1C=CC2=C(C1)CN(CC(=O)c1ccc(OCC(=O)OCc3ccccc3)cc1O)C2=O. The maximum absolute atomic E-state index is 12.8. The number of nitrogens with zero attached hydrogens (tertiary/aromatic N) is 2. The fraction of sp³-hybridized carbons (Fsp3) is 0.222. The number of amides is 1. The minimum absolute atomic E-state index is 0.0647. The van der Waals surface area contributed by atoms with Crippen molar-refractivity contribution in [2.24, 2.45) is 4.40 Å². The minimum atomic E-state index is -0.561. The molecule has 4 rings (SSSR count). The highest BCUT2D eigenvalue weighted by atomic mass is 32.2. The van der Waals surface area contributed by atoms with Gasteiger partial charge < -0.3 is 19.5 Å². The molecular weight excluding hydrogens is 480 g/mol. The van der Waals surface area contributed by atoms with E-state index in [2.05, 4.69) is 10.3 Å². The highest BCUT2D eigenvalue weighted by Crippen LogP contribution is 2.30. The number of phenols is 1. The van der Waals surface area contributed by atoms with Gasteiger partial charge in [0.1, 0.15) is 18.1 Å². The van der Waals surface area contributed by atoms with Gasteiger partial charge in [0.25, 0.3) is 5.91 Å². The van der Waals surface area contributed by atoms with Gasteiger partial charge >= 0.3 is 5.97 Å². The van der Waals surface area contributed by atoms with Gasteiger partial charge in [-0.15, -0.1) is 0 Å². The number of ketones is 1. The number of hydrogen-bond donors (Lipinski definition) is 1. The Morgan fingerprint density at radius 1 is 1.17 bits per heavy atom.